The first-order valence-electron chi connectivity index (χ1n) is 8.67. The van der Waals surface area contributed by atoms with Crippen LogP contribution in [-0.4, -0.2) is 9.78 Å². The van der Waals surface area contributed by atoms with Gasteiger partial charge in [-0.25, -0.2) is 4.68 Å². The van der Waals surface area contributed by atoms with Gasteiger partial charge >= 0.3 is 0 Å². The molecule has 0 N–H and O–H groups in total. The highest BCUT2D eigenvalue weighted by atomic mass is 15.3. The Morgan fingerprint density at radius 3 is 2.08 bits per heavy atom. The van der Waals surface area contributed by atoms with Gasteiger partial charge in [0.05, 0.1) is 16.9 Å². The molecular weight excluding hydrogens is 304 g/mol. The van der Waals surface area contributed by atoms with E-state index in [-0.39, 0.29) is 0 Å². The molecule has 0 amide bonds. The molecule has 0 saturated carbocycles. The topological polar surface area (TPSA) is 17.8 Å². The summed E-state index contributed by atoms with van der Waals surface area (Å²) in [7, 11) is 0. The molecule has 0 aliphatic rings. The van der Waals surface area contributed by atoms with Gasteiger partial charge in [-0.15, -0.1) is 0 Å². The van der Waals surface area contributed by atoms with Crippen LogP contribution in [0.25, 0.3) is 27.8 Å². The molecule has 2 heteroatoms. The van der Waals surface area contributed by atoms with Gasteiger partial charge in [0, 0.05) is 10.9 Å². The smallest absolute Gasteiger partial charge is 0.0937 e. The highest BCUT2D eigenvalue weighted by Crippen LogP contribution is 2.33. The quantitative estimate of drug-likeness (QED) is 0.446. The number of aryl methyl sites for hydroxylation is 4. The minimum atomic E-state index is 1.04. The summed E-state index contributed by atoms with van der Waals surface area (Å²) in [6.07, 6.45) is 0. The van der Waals surface area contributed by atoms with Crippen LogP contribution >= 0.6 is 0 Å². The average Bonchev–Trinajstić information content (AvgIpc) is 2.97. The third-order valence-corrected chi connectivity index (χ3v) is 5.07. The first-order valence-corrected chi connectivity index (χ1v) is 8.67. The van der Waals surface area contributed by atoms with Crippen molar-refractivity contribution in [3.8, 4) is 16.9 Å². The number of fused-ring (bicyclic) bond motifs is 1. The van der Waals surface area contributed by atoms with E-state index in [0.29, 0.717) is 0 Å². The van der Waals surface area contributed by atoms with Crippen molar-refractivity contribution in [2.24, 2.45) is 0 Å². The molecule has 0 radical (unpaired) electrons. The summed E-state index contributed by atoms with van der Waals surface area (Å²) in [5, 5.41) is 6.15. The highest BCUT2D eigenvalue weighted by Gasteiger charge is 2.16. The molecule has 0 unspecified atom stereocenters. The SMILES string of the molecule is Cc1ccc(-n2nc3cc(C)c(C)cc3c2-c2ccccc2)cc1C. The zero-order valence-corrected chi connectivity index (χ0v) is 15.2. The van der Waals surface area contributed by atoms with Crippen LogP contribution < -0.4 is 0 Å². The van der Waals surface area contributed by atoms with E-state index in [1.807, 2.05) is 0 Å². The Morgan fingerprint density at radius 2 is 1.36 bits per heavy atom. The van der Waals surface area contributed by atoms with E-state index in [9.17, 15) is 0 Å². The lowest BCUT2D eigenvalue weighted by Gasteiger charge is -2.10. The van der Waals surface area contributed by atoms with E-state index in [1.165, 1.54) is 33.2 Å². The standard InChI is InChI=1S/C23H22N2/c1-15-10-11-20(12-16(15)2)25-23(19-8-6-5-7-9-19)21-13-17(3)18(4)14-22(21)24-25/h5-14H,1-4H3. The molecule has 0 aliphatic carbocycles. The van der Waals surface area contributed by atoms with Crippen molar-refractivity contribution >= 4 is 10.9 Å². The maximum Gasteiger partial charge on any atom is 0.0937 e. The van der Waals surface area contributed by atoms with E-state index < -0.39 is 0 Å². The molecule has 124 valence electrons. The monoisotopic (exact) mass is 326 g/mol. The molecule has 3 aromatic carbocycles. The largest absolute Gasteiger partial charge is 0.232 e. The van der Waals surface area contributed by atoms with E-state index in [4.69, 9.17) is 5.10 Å². The normalized spacial score (nSPS) is 11.2. The highest BCUT2D eigenvalue weighted by molar-refractivity contribution is 5.95. The molecule has 0 atom stereocenters. The van der Waals surface area contributed by atoms with Crippen molar-refractivity contribution in [2.75, 3.05) is 0 Å². The predicted molar refractivity (Wildman–Crippen MR) is 105 cm³/mol. The van der Waals surface area contributed by atoms with Crippen LogP contribution in [0.2, 0.25) is 0 Å². The number of rotatable bonds is 2. The van der Waals surface area contributed by atoms with Crippen LogP contribution in [0.3, 0.4) is 0 Å². The molecule has 25 heavy (non-hydrogen) atoms. The summed E-state index contributed by atoms with van der Waals surface area (Å²) in [6, 6.07) is 21.5. The van der Waals surface area contributed by atoms with Crippen molar-refractivity contribution < 1.29 is 0 Å². The molecule has 1 heterocycles. The molecule has 4 aromatic rings. The van der Waals surface area contributed by atoms with Gasteiger partial charge < -0.3 is 0 Å². The molecule has 0 bridgehead atoms. The Kier molecular flexibility index (Phi) is 3.69. The summed E-state index contributed by atoms with van der Waals surface area (Å²) >= 11 is 0. The second-order valence-electron chi connectivity index (χ2n) is 6.85. The third-order valence-electron chi connectivity index (χ3n) is 5.07. The van der Waals surface area contributed by atoms with Crippen molar-refractivity contribution in [2.45, 2.75) is 27.7 Å². The number of benzene rings is 3. The van der Waals surface area contributed by atoms with Crippen molar-refractivity contribution in [3.63, 3.8) is 0 Å². The predicted octanol–water partition coefficient (Wildman–Crippen LogP) is 5.93. The van der Waals surface area contributed by atoms with Gasteiger partial charge in [-0.3, -0.25) is 0 Å². The van der Waals surface area contributed by atoms with Crippen LogP contribution in [0.5, 0.6) is 0 Å². The van der Waals surface area contributed by atoms with E-state index in [0.717, 1.165) is 16.9 Å². The van der Waals surface area contributed by atoms with Crippen LogP contribution in [0, 0.1) is 27.7 Å². The fourth-order valence-electron chi connectivity index (χ4n) is 3.26. The van der Waals surface area contributed by atoms with Crippen molar-refractivity contribution in [1.29, 1.82) is 0 Å². The summed E-state index contributed by atoms with van der Waals surface area (Å²) in [5.41, 5.74) is 9.64. The van der Waals surface area contributed by atoms with E-state index in [2.05, 4.69) is 93.0 Å². The zero-order valence-electron chi connectivity index (χ0n) is 15.2. The Hall–Kier alpha value is -2.87. The van der Waals surface area contributed by atoms with E-state index in [1.54, 1.807) is 0 Å². The molecular formula is C23H22N2. The number of hydrogen-bond acceptors (Lipinski definition) is 1. The Morgan fingerprint density at radius 1 is 0.680 bits per heavy atom. The second-order valence-corrected chi connectivity index (χ2v) is 6.85. The average molecular weight is 326 g/mol. The zero-order chi connectivity index (χ0) is 17.6. The lowest BCUT2D eigenvalue weighted by molar-refractivity contribution is 0.901. The van der Waals surface area contributed by atoms with Gasteiger partial charge in [-0.2, -0.15) is 5.10 Å². The number of hydrogen-bond donors (Lipinski definition) is 0. The maximum atomic E-state index is 4.95. The van der Waals surface area contributed by atoms with Gasteiger partial charge in [0.25, 0.3) is 0 Å². The number of aromatic nitrogens is 2. The first kappa shape index (κ1) is 15.6. The molecule has 2 nitrogen and oxygen atoms in total. The van der Waals surface area contributed by atoms with Crippen LogP contribution in [0.15, 0.2) is 60.7 Å². The molecule has 0 spiro atoms. The lowest BCUT2D eigenvalue weighted by atomic mass is 10.0. The summed E-state index contributed by atoms with van der Waals surface area (Å²) in [6.45, 7) is 8.60. The molecule has 0 aliphatic heterocycles. The fraction of sp³-hybridized carbons (Fsp3) is 0.174. The van der Waals surface area contributed by atoms with Crippen molar-refractivity contribution in [3.05, 3.63) is 82.9 Å². The van der Waals surface area contributed by atoms with Gasteiger partial charge in [0.2, 0.25) is 0 Å². The molecule has 0 fully saturated rings. The first-order chi connectivity index (χ1) is 12.0. The van der Waals surface area contributed by atoms with Crippen LogP contribution in [0.1, 0.15) is 22.3 Å². The minimum Gasteiger partial charge on any atom is -0.232 e. The van der Waals surface area contributed by atoms with Crippen LogP contribution in [-0.2, 0) is 0 Å². The Bertz CT molecular complexity index is 1070. The van der Waals surface area contributed by atoms with Gasteiger partial charge in [0.1, 0.15) is 0 Å². The Balaban J connectivity index is 2.07. The lowest BCUT2D eigenvalue weighted by Crippen LogP contribution is -2.00. The molecule has 0 saturated heterocycles. The fourth-order valence-corrected chi connectivity index (χ4v) is 3.26. The third kappa shape index (κ3) is 2.64. The second kappa shape index (κ2) is 5.89. The van der Waals surface area contributed by atoms with Gasteiger partial charge in [-0.05, 0) is 74.2 Å². The van der Waals surface area contributed by atoms with Gasteiger partial charge in [-0.1, -0.05) is 36.4 Å². The molecule has 1 aromatic heterocycles. The van der Waals surface area contributed by atoms with E-state index >= 15 is 0 Å². The minimum absolute atomic E-state index is 1.04. The molecule has 4 rings (SSSR count). The maximum absolute atomic E-state index is 4.95. The summed E-state index contributed by atoms with van der Waals surface area (Å²) in [5.74, 6) is 0. The summed E-state index contributed by atoms with van der Waals surface area (Å²) in [4.78, 5) is 0. The summed E-state index contributed by atoms with van der Waals surface area (Å²) < 4.78 is 2.09. The van der Waals surface area contributed by atoms with Gasteiger partial charge in [0.15, 0.2) is 0 Å². The van der Waals surface area contributed by atoms with Crippen LogP contribution in [0.4, 0.5) is 0 Å². The number of nitrogens with zero attached hydrogens (tertiary/aromatic N) is 2. The van der Waals surface area contributed by atoms with Crippen molar-refractivity contribution in [1.82, 2.24) is 9.78 Å². The Labute approximate surface area is 148 Å².